The number of aryl methyl sites for hydroxylation is 1. The molecule has 0 atom stereocenters. The highest BCUT2D eigenvalue weighted by Gasteiger charge is 2.47. The van der Waals surface area contributed by atoms with Crippen molar-refractivity contribution >= 4 is 27.8 Å². The van der Waals surface area contributed by atoms with E-state index in [4.69, 9.17) is 4.98 Å². The summed E-state index contributed by atoms with van der Waals surface area (Å²) in [6.07, 6.45) is 3.77. The molecule has 0 unspecified atom stereocenters. The van der Waals surface area contributed by atoms with Crippen LogP contribution in [-0.2, 0) is 7.05 Å². The van der Waals surface area contributed by atoms with Gasteiger partial charge < -0.3 is 14.8 Å². The molecule has 2 saturated heterocycles. The van der Waals surface area contributed by atoms with E-state index in [0.29, 0.717) is 5.41 Å². The zero-order valence-corrected chi connectivity index (χ0v) is 12.0. The van der Waals surface area contributed by atoms with Crippen LogP contribution in [0.3, 0.4) is 0 Å². The second-order valence-electron chi connectivity index (χ2n) is 6.45. The van der Waals surface area contributed by atoms with Crippen LogP contribution in [-0.4, -0.2) is 40.7 Å². The Kier molecular flexibility index (Phi) is 2.05. The number of pyridine rings is 2. The molecule has 3 aromatic rings. The molecular formula is C16H17N5. The van der Waals surface area contributed by atoms with Gasteiger partial charge in [0.15, 0.2) is 0 Å². The van der Waals surface area contributed by atoms with Crippen molar-refractivity contribution in [2.24, 2.45) is 12.5 Å². The van der Waals surface area contributed by atoms with E-state index in [1.807, 2.05) is 12.4 Å². The molecule has 5 heteroatoms. The number of fused-ring (bicyclic) bond motifs is 3. The van der Waals surface area contributed by atoms with Gasteiger partial charge in [0.05, 0.1) is 5.52 Å². The van der Waals surface area contributed by atoms with Crippen LogP contribution in [0.25, 0.3) is 21.9 Å². The minimum absolute atomic E-state index is 0.527. The lowest BCUT2D eigenvalue weighted by molar-refractivity contribution is 0.120. The van der Waals surface area contributed by atoms with Crippen LogP contribution in [0.5, 0.6) is 0 Å². The third kappa shape index (κ3) is 1.44. The van der Waals surface area contributed by atoms with E-state index in [1.165, 1.54) is 16.3 Å². The number of anilines is 1. The summed E-state index contributed by atoms with van der Waals surface area (Å²) in [7, 11) is 2.08. The Balaban J connectivity index is 1.61. The van der Waals surface area contributed by atoms with Crippen molar-refractivity contribution in [2.75, 3.05) is 31.1 Å². The van der Waals surface area contributed by atoms with Gasteiger partial charge in [-0.25, -0.2) is 4.98 Å². The maximum absolute atomic E-state index is 4.90. The smallest absolute Gasteiger partial charge is 0.143 e. The first-order valence-electron chi connectivity index (χ1n) is 7.41. The lowest BCUT2D eigenvalue weighted by Gasteiger charge is -2.56. The fourth-order valence-corrected chi connectivity index (χ4v) is 3.71. The third-order valence-corrected chi connectivity index (χ3v) is 5.00. The highest BCUT2D eigenvalue weighted by molar-refractivity contribution is 6.06. The van der Waals surface area contributed by atoms with E-state index in [0.717, 1.165) is 37.6 Å². The Morgan fingerprint density at radius 1 is 1.14 bits per heavy atom. The molecule has 2 aliphatic rings. The molecule has 1 spiro atoms. The predicted octanol–water partition coefficient (Wildman–Crippen LogP) is 1.53. The second-order valence-corrected chi connectivity index (χ2v) is 6.45. The van der Waals surface area contributed by atoms with Gasteiger partial charge in [-0.1, -0.05) is 0 Å². The maximum Gasteiger partial charge on any atom is 0.143 e. The molecule has 0 aliphatic carbocycles. The van der Waals surface area contributed by atoms with Gasteiger partial charge in [-0.2, -0.15) is 0 Å². The van der Waals surface area contributed by atoms with Crippen LogP contribution < -0.4 is 10.2 Å². The van der Waals surface area contributed by atoms with Crippen LogP contribution in [0.15, 0.2) is 30.6 Å². The van der Waals surface area contributed by atoms with E-state index >= 15 is 0 Å². The number of hydrogen-bond donors (Lipinski definition) is 1. The quantitative estimate of drug-likeness (QED) is 0.734. The molecule has 0 aromatic carbocycles. The standard InChI is InChI=1S/C16H17N5/c1-20-13-4-5-17-6-12(13)11-2-3-14(19-15(11)20)21-9-16(10-21)7-18-8-16/h2-6,18H,7-10H2,1H3. The van der Waals surface area contributed by atoms with Crippen LogP contribution in [0.2, 0.25) is 0 Å². The SMILES string of the molecule is Cn1c2ccncc2c2ccc(N3CC4(CNC4)C3)nc21. The summed E-state index contributed by atoms with van der Waals surface area (Å²) in [6, 6.07) is 6.38. The van der Waals surface area contributed by atoms with Crippen molar-refractivity contribution in [2.45, 2.75) is 0 Å². The predicted molar refractivity (Wildman–Crippen MR) is 83.5 cm³/mol. The highest BCUT2D eigenvalue weighted by Crippen LogP contribution is 2.37. The minimum Gasteiger partial charge on any atom is -0.355 e. The molecule has 2 fully saturated rings. The maximum atomic E-state index is 4.90. The van der Waals surface area contributed by atoms with Crippen LogP contribution in [0.1, 0.15) is 0 Å². The van der Waals surface area contributed by atoms with Crippen molar-refractivity contribution in [3.8, 4) is 0 Å². The summed E-state index contributed by atoms with van der Waals surface area (Å²) in [6.45, 7) is 4.57. The fraction of sp³-hybridized carbons (Fsp3) is 0.375. The lowest BCUT2D eigenvalue weighted by atomic mass is 9.74. The minimum atomic E-state index is 0.527. The Hall–Kier alpha value is -2.14. The van der Waals surface area contributed by atoms with Gasteiger partial charge in [0, 0.05) is 61.8 Å². The van der Waals surface area contributed by atoms with Gasteiger partial charge >= 0.3 is 0 Å². The zero-order valence-electron chi connectivity index (χ0n) is 12.0. The second kappa shape index (κ2) is 3.74. The molecule has 1 N–H and O–H groups in total. The van der Waals surface area contributed by atoms with Crippen LogP contribution in [0, 0.1) is 5.41 Å². The Morgan fingerprint density at radius 2 is 2.00 bits per heavy atom. The molecule has 0 radical (unpaired) electrons. The fourth-order valence-electron chi connectivity index (χ4n) is 3.71. The highest BCUT2D eigenvalue weighted by atomic mass is 15.3. The summed E-state index contributed by atoms with van der Waals surface area (Å²) in [5.74, 6) is 1.10. The molecule has 5 heterocycles. The van der Waals surface area contributed by atoms with E-state index in [1.54, 1.807) is 0 Å². The number of nitrogens with zero attached hydrogens (tertiary/aromatic N) is 4. The van der Waals surface area contributed by atoms with E-state index in [2.05, 4.69) is 45.0 Å². The molecular weight excluding hydrogens is 262 g/mol. The Bertz CT molecular complexity index is 854. The first-order valence-corrected chi connectivity index (χ1v) is 7.41. The topological polar surface area (TPSA) is 46.0 Å². The number of nitrogens with one attached hydrogen (secondary N) is 1. The molecule has 2 aliphatic heterocycles. The lowest BCUT2D eigenvalue weighted by Crippen LogP contribution is -2.71. The zero-order chi connectivity index (χ0) is 14.0. The molecule has 0 amide bonds. The number of hydrogen-bond acceptors (Lipinski definition) is 4. The summed E-state index contributed by atoms with van der Waals surface area (Å²) in [5.41, 5.74) is 2.76. The summed E-state index contributed by atoms with van der Waals surface area (Å²) in [4.78, 5) is 11.5. The van der Waals surface area contributed by atoms with Crippen LogP contribution in [0.4, 0.5) is 5.82 Å². The molecule has 0 saturated carbocycles. The van der Waals surface area contributed by atoms with Crippen LogP contribution >= 0.6 is 0 Å². The number of aromatic nitrogens is 3. The summed E-state index contributed by atoms with van der Waals surface area (Å²) < 4.78 is 2.16. The molecule has 3 aromatic heterocycles. The summed E-state index contributed by atoms with van der Waals surface area (Å²) >= 11 is 0. The Morgan fingerprint density at radius 3 is 2.76 bits per heavy atom. The Labute approximate surface area is 122 Å². The van der Waals surface area contributed by atoms with Crippen molar-refractivity contribution in [1.29, 1.82) is 0 Å². The van der Waals surface area contributed by atoms with Crippen molar-refractivity contribution in [3.05, 3.63) is 30.6 Å². The van der Waals surface area contributed by atoms with Gasteiger partial charge in [-0.05, 0) is 18.2 Å². The summed E-state index contributed by atoms with van der Waals surface area (Å²) in [5, 5.41) is 5.74. The van der Waals surface area contributed by atoms with E-state index in [-0.39, 0.29) is 0 Å². The average Bonchev–Trinajstić information content (AvgIpc) is 2.70. The normalized spacial score (nSPS) is 20.0. The molecule has 21 heavy (non-hydrogen) atoms. The average molecular weight is 279 g/mol. The third-order valence-electron chi connectivity index (χ3n) is 5.00. The van der Waals surface area contributed by atoms with Crippen molar-refractivity contribution in [3.63, 3.8) is 0 Å². The van der Waals surface area contributed by atoms with Gasteiger partial charge in [-0.3, -0.25) is 4.98 Å². The largest absolute Gasteiger partial charge is 0.355 e. The van der Waals surface area contributed by atoms with Gasteiger partial charge in [0.1, 0.15) is 11.5 Å². The molecule has 5 rings (SSSR count). The van der Waals surface area contributed by atoms with E-state index in [9.17, 15) is 0 Å². The first-order chi connectivity index (χ1) is 10.3. The van der Waals surface area contributed by atoms with Gasteiger partial charge in [0.25, 0.3) is 0 Å². The number of rotatable bonds is 1. The van der Waals surface area contributed by atoms with E-state index < -0.39 is 0 Å². The molecule has 0 bridgehead atoms. The van der Waals surface area contributed by atoms with Crippen molar-refractivity contribution in [1.82, 2.24) is 19.9 Å². The van der Waals surface area contributed by atoms with Gasteiger partial charge in [-0.15, -0.1) is 0 Å². The molecule has 5 nitrogen and oxygen atoms in total. The first kappa shape index (κ1) is 11.5. The van der Waals surface area contributed by atoms with Gasteiger partial charge in [0.2, 0.25) is 0 Å². The van der Waals surface area contributed by atoms with Crippen molar-refractivity contribution < 1.29 is 0 Å². The molecule has 106 valence electrons. The monoisotopic (exact) mass is 279 g/mol.